The lowest BCUT2D eigenvalue weighted by Crippen LogP contribution is -2.30. The summed E-state index contributed by atoms with van der Waals surface area (Å²) in [6.07, 6.45) is 1.83. The highest BCUT2D eigenvalue weighted by atomic mass is 79.9. The minimum absolute atomic E-state index is 0.0266. The van der Waals surface area contributed by atoms with Crippen LogP contribution < -0.4 is 5.32 Å². The van der Waals surface area contributed by atoms with E-state index in [4.69, 9.17) is 5.11 Å². The van der Waals surface area contributed by atoms with Crippen molar-refractivity contribution in [2.24, 2.45) is 0 Å². The Hall–Kier alpha value is -1.10. The van der Waals surface area contributed by atoms with E-state index in [0.717, 1.165) is 41.2 Å². The molecule has 0 bridgehead atoms. The molecule has 4 heteroatoms. The van der Waals surface area contributed by atoms with Crippen LogP contribution in [0.1, 0.15) is 12.8 Å². The highest BCUT2D eigenvalue weighted by molar-refractivity contribution is 9.10. The van der Waals surface area contributed by atoms with Crippen LogP contribution in [0.4, 0.5) is 0 Å². The third-order valence-electron chi connectivity index (χ3n) is 3.12. The van der Waals surface area contributed by atoms with Gasteiger partial charge in [0.2, 0.25) is 0 Å². The Morgan fingerprint density at radius 2 is 1.84 bits per heavy atom. The Bertz CT molecular complexity index is 539. The summed E-state index contributed by atoms with van der Waals surface area (Å²) in [5.41, 5.74) is 0. The molecule has 0 aliphatic carbocycles. The van der Waals surface area contributed by atoms with Crippen LogP contribution in [0.15, 0.2) is 40.9 Å². The molecule has 2 aromatic rings. The molecule has 19 heavy (non-hydrogen) atoms. The molecule has 1 saturated heterocycles. The van der Waals surface area contributed by atoms with Crippen molar-refractivity contribution in [1.82, 2.24) is 5.32 Å². The van der Waals surface area contributed by atoms with Gasteiger partial charge in [-0.1, -0.05) is 28.1 Å². The molecule has 2 aromatic carbocycles. The van der Waals surface area contributed by atoms with Crippen LogP contribution in [-0.2, 0) is 0 Å². The highest BCUT2D eigenvalue weighted by Gasteiger charge is 2.06. The lowest BCUT2D eigenvalue weighted by atomic mass is 10.1. The smallest absolute Gasteiger partial charge is 0.116 e. The predicted octanol–water partition coefficient (Wildman–Crippen LogP) is 3.04. The maximum Gasteiger partial charge on any atom is 0.116 e. The van der Waals surface area contributed by atoms with E-state index in [2.05, 4.69) is 21.2 Å². The van der Waals surface area contributed by atoms with Crippen LogP contribution >= 0.6 is 15.9 Å². The minimum atomic E-state index is -0.0266. The SMILES string of the molecule is OC1CCNCC1.Oc1ccc2c(Br)cccc2c1. The van der Waals surface area contributed by atoms with Crippen molar-refractivity contribution in [3.63, 3.8) is 0 Å². The van der Waals surface area contributed by atoms with Gasteiger partial charge in [-0.15, -0.1) is 0 Å². The summed E-state index contributed by atoms with van der Waals surface area (Å²) < 4.78 is 1.06. The van der Waals surface area contributed by atoms with Crippen LogP contribution in [0.2, 0.25) is 0 Å². The molecule has 3 N–H and O–H groups in total. The van der Waals surface area contributed by atoms with Gasteiger partial charge in [-0.05, 0) is 61.0 Å². The van der Waals surface area contributed by atoms with Crippen molar-refractivity contribution in [3.05, 3.63) is 40.9 Å². The van der Waals surface area contributed by atoms with E-state index >= 15 is 0 Å². The molecule has 0 aromatic heterocycles. The lowest BCUT2D eigenvalue weighted by Gasteiger charge is -2.16. The van der Waals surface area contributed by atoms with Crippen molar-refractivity contribution in [3.8, 4) is 5.75 Å². The Morgan fingerprint density at radius 1 is 1.11 bits per heavy atom. The first-order chi connectivity index (χ1) is 9.16. The number of piperidine rings is 1. The molecule has 1 heterocycles. The number of rotatable bonds is 0. The van der Waals surface area contributed by atoms with Gasteiger partial charge < -0.3 is 15.5 Å². The first-order valence-electron chi connectivity index (χ1n) is 6.43. The zero-order chi connectivity index (χ0) is 13.7. The maximum atomic E-state index is 9.21. The summed E-state index contributed by atoms with van der Waals surface area (Å²) >= 11 is 3.44. The molecule has 0 amide bonds. The topological polar surface area (TPSA) is 52.5 Å². The molecular formula is C15H18BrNO2. The van der Waals surface area contributed by atoms with E-state index in [1.165, 1.54) is 0 Å². The summed E-state index contributed by atoms with van der Waals surface area (Å²) in [5, 5.41) is 23.4. The second-order valence-electron chi connectivity index (χ2n) is 4.63. The molecule has 0 atom stereocenters. The van der Waals surface area contributed by atoms with Gasteiger partial charge in [0.1, 0.15) is 5.75 Å². The monoisotopic (exact) mass is 323 g/mol. The fraction of sp³-hybridized carbons (Fsp3) is 0.333. The second-order valence-corrected chi connectivity index (χ2v) is 5.48. The zero-order valence-electron chi connectivity index (χ0n) is 10.6. The molecule has 1 aliphatic rings. The molecule has 0 unspecified atom stereocenters. The van der Waals surface area contributed by atoms with Gasteiger partial charge in [0.15, 0.2) is 0 Å². The summed E-state index contributed by atoms with van der Waals surface area (Å²) in [6, 6.07) is 11.2. The van der Waals surface area contributed by atoms with Crippen LogP contribution in [0.25, 0.3) is 10.8 Å². The predicted molar refractivity (Wildman–Crippen MR) is 81.4 cm³/mol. The van der Waals surface area contributed by atoms with Gasteiger partial charge in [-0.3, -0.25) is 0 Å². The van der Waals surface area contributed by atoms with E-state index in [9.17, 15) is 5.11 Å². The van der Waals surface area contributed by atoms with Gasteiger partial charge in [-0.25, -0.2) is 0 Å². The number of hydrogen-bond acceptors (Lipinski definition) is 3. The minimum Gasteiger partial charge on any atom is -0.508 e. The molecule has 0 radical (unpaired) electrons. The van der Waals surface area contributed by atoms with Gasteiger partial charge in [0.05, 0.1) is 6.10 Å². The van der Waals surface area contributed by atoms with E-state index in [0.29, 0.717) is 5.75 Å². The van der Waals surface area contributed by atoms with E-state index in [1.54, 1.807) is 12.1 Å². The average Bonchev–Trinajstić information content (AvgIpc) is 2.40. The second kappa shape index (κ2) is 6.89. The summed E-state index contributed by atoms with van der Waals surface area (Å²) in [5.74, 6) is 0.306. The first kappa shape index (κ1) is 14.3. The zero-order valence-corrected chi connectivity index (χ0v) is 12.2. The van der Waals surface area contributed by atoms with E-state index in [1.807, 2.05) is 24.3 Å². The van der Waals surface area contributed by atoms with Crippen LogP contribution in [0.5, 0.6) is 5.75 Å². The molecule has 3 nitrogen and oxygen atoms in total. The third-order valence-corrected chi connectivity index (χ3v) is 3.81. The van der Waals surface area contributed by atoms with Crippen molar-refractivity contribution < 1.29 is 10.2 Å². The quantitative estimate of drug-likeness (QED) is 0.698. The molecule has 0 spiro atoms. The Kier molecular flexibility index (Phi) is 5.19. The fourth-order valence-corrected chi connectivity index (χ4v) is 2.55. The number of aliphatic hydroxyl groups excluding tert-OH is 1. The number of nitrogens with one attached hydrogen (secondary N) is 1. The number of fused-ring (bicyclic) bond motifs is 1. The van der Waals surface area contributed by atoms with Gasteiger partial charge in [0.25, 0.3) is 0 Å². The van der Waals surface area contributed by atoms with Crippen molar-refractivity contribution in [1.29, 1.82) is 0 Å². The summed E-state index contributed by atoms with van der Waals surface area (Å²) in [4.78, 5) is 0. The van der Waals surface area contributed by atoms with Crippen molar-refractivity contribution >= 4 is 26.7 Å². The number of halogens is 1. The first-order valence-corrected chi connectivity index (χ1v) is 7.22. The molecule has 102 valence electrons. The largest absolute Gasteiger partial charge is 0.508 e. The molecule has 0 saturated carbocycles. The average molecular weight is 324 g/mol. The lowest BCUT2D eigenvalue weighted by molar-refractivity contribution is 0.137. The summed E-state index contributed by atoms with van der Waals surface area (Å²) in [7, 11) is 0. The summed E-state index contributed by atoms with van der Waals surface area (Å²) in [6.45, 7) is 1.97. The Morgan fingerprint density at radius 3 is 2.47 bits per heavy atom. The highest BCUT2D eigenvalue weighted by Crippen LogP contribution is 2.26. The third kappa shape index (κ3) is 4.20. The number of phenols is 1. The van der Waals surface area contributed by atoms with Crippen LogP contribution in [0.3, 0.4) is 0 Å². The number of phenolic OH excluding ortho intramolecular Hbond substituents is 1. The molecule has 3 rings (SSSR count). The molecule has 1 fully saturated rings. The normalized spacial score (nSPS) is 15.9. The maximum absolute atomic E-state index is 9.21. The molecular weight excluding hydrogens is 306 g/mol. The van der Waals surface area contributed by atoms with Crippen molar-refractivity contribution in [2.45, 2.75) is 18.9 Å². The van der Waals surface area contributed by atoms with Crippen LogP contribution in [-0.4, -0.2) is 29.4 Å². The molecule has 1 aliphatic heterocycles. The number of aliphatic hydroxyl groups is 1. The van der Waals surface area contributed by atoms with Crippen molar-refractivity contribution in [2.75, 3.05) is 13.1 Å². The van der Waals surface area contributed by atoms with Gasteiger partial charge in [0, 0.05) is 4.47 Å². The fourth-order valence-electron chi connectivity index (χ4n) is 2.04. The Balaban J connectivity index is 0.000000163. The van der Waals surface area contributed by atoms with Gasteiger partial charge >= 0.3 is 0 Å². The van der Waals surface area contributed by atoms with E-state index < -0.39 is 0 Å². The Labute approximate surface area is 121 Å². The van der Waals surface area contributed by atoms with Crippen LogP contribution in [0, 0.1) is 0 Å². The number of benzene rings is 2. The standard InChI is InChI=1S/C10H7BrO.C5H11NO/c11-10-3-1-2-7-6-8(12)4-5-9(7)10;7-5-1-3-6-4-2-5/h1-6,12H;5-7H,1-4H2. The number of hydrogen-bond donors (Lipinski definition) is 3. The van der Waals surface area contributed by atoms with E-state index in [-0.39, 0.29) is 6.10 Å². The van der Waals surface area contributed by atoms with Gasteiger partial charge in [-0.2, -0.15) is 0 Å². The number of aromatic hydroxyl groups is 1.